The van der Waals surface area contributed by atoms with E-state index in [0.717, 1.165) is 35.7 Å². The van der Waals surface area contributed by atoms with Crippen LogP contribution in [0.5, 0.6) is 5.75 Å². The summed E-state index contributed by atoms with van der Waals surface area (Å²) in [4.78, 5) is 8.88. The average molecular weight is 302 g/mol. The minimum atomic E-state index is 0.385. The zero-order valence-electron chi connectivity index (χ0n) is 11.6. The standard InChI is InChI=1S/C16H16ClN3O/c17-12-15-19-14-8-4-9-18-16(14)20(15)10-5-11-21-13-6-2-1-3-7-13/h1-4,6-9H,5,10-12H2. The number of nitrogens with zero attached hydrogens (tertiary/aromatic N) is 3. The number of imidazole rings is 1. The van der Waals surface area contributed by atoms with Gasteiger partial charge in [0.05, 0.1) is 12.5 Å². The molecule has 0 saturated heterocycles. The van der Waals surface area contributed by atoms with Gasteiger partial charge in [0.15, 0.2) is 5.65 Å². The second-order valence-corrected chi connectivity index (χ2v) is 4.94. The second-order valence-electron chi connectivity index (χ2n) is 4.67. The summed E-state index contributed by atoms with van der Waals surface area (Å²) in [5, 5.41) is 0. The van der Waals surface area contributed by atoms with Crippen LogP contribution in [0.4, 0.5) is 0 Å². The van der Waals surface area contributed by atoms with E-state index < -0.39 is 0 Å². The molecule has 0 atom stereocenters. The maximum atomic E-state index is 5.97. The van der Waals surface area contributed by atoms with Crippen molar-refractivity contribution in [1.82, 2.24) is 14.5 Å². The van der Waals surface area contributed by atoms with E-state index in [1.807, 2.05) is 42.5 Å². The van der Waals surface area contributed by atoms with Crippen molar-refractivity contribution in [2.24, 2.45) is 0 Å². The van der Waals surface area contributed by atoms with Gasteiger partial charge in [-0.05, 0) is 30.7 Å². The van der Waals surface area contributed by atoms with Gasteiger partial charge in [0, 0.05) is 12.7 Å². The van der Waals surface area contributed by atoms with Gasteiger partial charge in [-0.25, -0.2) is 9.97 Å². The molecule has 4 nitrogen and oxygen atoms in total. The molecule has 1 aromatic carbocycles. The Kier molecular flexibility index (Phi) is 4.36. The SMILES string of the molecule is ClCc1nc2cccnc2n1CCCOc1ccccc1. The van der Waals surface area contributed by atoms with Crippen molar-refractivity contribution in [2.45, 2.75) is 18.8 Å². The highest BCUT2D eigenvalue weighted by Gasteiger charge is 2.10. The van der Waals surface area contributed by atoms with E-state index >= 15 is 0 Å². The van der Waals surface area contributed by atoms with E-state index in [0.29, 0.717) is 12.5 Å². The molecule has 0 radical (unpaired) electrons. The normalized spacial score (nSPS) is 10.9. The quantitative estimate of drug-likeness (QED) is 0.515. The summed E-state index contributed by atoms with van der Waals surface area (Å²) in [6, 6.07) is 13.7. The van der Waals surface area contributed by atoms with E-state index in [9.17, 15) is 0 Å². The zero-order chi connectivity index (χ0) is 14.5. The highest BCUT2D eigenvalue weighted by molar-refractivity contribution is 6.16. The van der Waals surface area contributed by atoms with Gasteiger partial charge >= 0.3 is 0 Å². The van der Waals surface area contributed by atoms with Crippen LogP contribution in [0, 0.1) is 0 Å². The van der Waals surface area contributed by atoms with E-state index in [4.69, 9.17) is 16.3 Å². The molecule has 0 fully saturated rings. The molecule has 0 unspecified atom stereocenters. The maximum absolute atomic E-state index is 5.97. The van der Waals surface area contributed by atoms with Crippen LogP contribution in [0.3, 0.4) is 0 Å². The van der Waals surface area contributed by atoms with Crippen molar-refractivity contribution in [2.75, 3.05) is 6.61 Å². The molecule has 0 spiro atoms. The van der Waals surface area contributed by atoms with Gasteiger partial charge in [0.25, 0.3) is 0 Å². The molecule has 0 amide bonds. The third-order valence-electron chi connectivity index (χ3n) is 3.24. The molecule has 2 heterocycles. The molecule has 5 heteroatoms. The highest BCUT2D eigenvalue weighted by Crippen LogP contribution is 2.16. The number of rotatable bonds is 6. The van der Waals surface area contributed by atoms with Crippen LogP contribution in [0.25, 0.3) is 11.2 Å². The topological polar surface area (TPSA) is 39.9 Å². The second kappa shape index (κ2) is 6.59. The lowest BCUT2D eigenvalue weighted by atomic mass is 10.3. The first-order valence-corrected chi connectivity index (χ1v) is 7.46. The van der Waals surface area contributed by atoms with Gasteiger partial charge in [-0.1, -0.05) is 18.2 Å². The molecule has 0 aliphatic heterocycles. The smallest absolute Gasteiger partial charge is 0.160 e. The Morgan fingerprint density at radius 2 is 1.95 bits per heavy atom. The number of para-hydroxylation sites is 1. The first-order chi connectivity index (χ1) is 10.4. The molecule has 3 aromatic rings. The van der Waals surface area contributed by atoms with Gasteiger partial charge in [0.2, 0.25) is 0 Å². The molecule has 3 rings (SSSR count). The Morgan fingerprint density at radius 1 is 1.10 bits per heavy atom. The number of hydrogen-bond acceptors (Lipinski definition) is 3. The van der Waals surface area contributed by atoms with Gasteiger partial charge in [-0.3, -0.25) is 0 Å². The lowest BCUT2D eigenvalue weighted by Crippen LogP contribution is -2.07. The number of hydrogen-bond donors (Lipinski definition) is 0. The van der Waals surface area contributed by atoms with Crippen LogP contribution in [0.2, 0.25) is 0 Å². The Hall–Kier alpha value is -2.07. The minimum absolute atomic E-state index is 0.385. The van der Waals surface area contributed by atoms with Crippen LogP contribution in [0.1, 0.15) is 12.2 Å². The average Bonchev–Trinajstić information content (AvgIpc) is 2.90. The highest BCUT2D eigenvalue weighted by atomic mass is 35.5. The third kappa shape index (κ3) is 3.16. The Morgan fingerprint density at radius 3 is 2.76 bits per heavy atom. The van der Waals surface area contributed by atoms with E-state index in [1.54, 1.807) is 6.20 Å². The fraction of sp³-hybridized carbons (Fsp3) is 0.250. The van der Waals surface area contributed by atoms with Crippen LogP contribution in [-0.4, -0.2) is 21.1 Å². The molecule has 108 valence electrons. The fourth-order valence-corrected chi connectivity index (χ4v) is 2.48. The number of ether oxygens (including phenoxy) is 1. The first-order valence-electron chi connectivity index (χ1n) is 6.92. The fourth-order valence-electron chi connectivity index (χ4n) is 2.27. The summed E-state index contributed by atoms with van der Waals surface area (Å²) in [7, 11) is 0. The minimum Gasteiger partial charge on any atom is -0.494 e. The largest absolute Gasteiger partial charge is 0.494 e. The number of alkyl halides is 1. The summed E-state index contributed by atoms with van der Waals surface area (Å²) in [6.45, 7) is 1.45. The Labute approximate surface area is 128 Å². The van der Waals surface area contributed by atoms with Gasteiger partial charge in [0.1, 0.15) is 17.1 Å². The number of aryl methyl sites for hydroxylation is 1. The third-order valence-corrected chi connectivity index (χ3v) is 3.48. The summed E-state index contributed by atoms with van der Waals surface area (Å²) in [6.07, 6.45) is 2.65. The monoisotopic (exact) mass is 301 g/mol. The van der Waals surface area contributed by atoms with E-state index in [-0.39, 0.29) is 0 Å². The van der Waals surface area contributed by atoms with Gasteiger partial charge in [-0.15, -0.1) is 11.6 Å². The zero-order valence-corrected chi connectivity index (χ0v) is 12.3. The summed E-state index contributed by atoms with van der Waals surface area (Å²) in [5.41, 5.74) is 1.77. The molecule has 0 aliphatic rings. The molecule has 0 saturated carbocycles. The molecule has 0 aliphatic carbocycles. The van der Waals surface area contributed by atoms with Crippen LogP contribution in [-0.2, 0) is 12.4 Å². The van der Waals surface area contributed by atoms with Crippen molar-refractivity contribution in [1.29, 1.82) is 0 Å². The molecule has 21 heavy (non-hydrogen) atoms. The summed E-state index contributed by atoms with van der Waals surface area (Å²) in [5.74, 6) is 2.13. The summed E-state index contributed by atoms with van der Waals surface area (Å²) < 4.78 is 7.77. The van der Waals surface area contributed by atoms with E-state index in [2.05, 4.69) is 14.5 Å². The van der Waals surface area contributed by atoms with Gasteiger partial charge < -0.3 is 9.30 Å². The molecule has 0 N–H and O–H groups in total. The van der Waals surface area contributed by atoms with Crippen LogP contribution >= 0.6 is 11.6 Å². The summed E-state index contributed by atoms with van der Waals surface area (Å²) >= 11 is 5.97. The molecule has 2 aromatic heterocycles. The van der Waals surface area contributed by atoms with Crippen LogP contribution < -0.4 is 4.74 Å². The molecular weight excluding hydrogens is 286 g/mol. The lowest BCUT2D eigenvalue weighted by Gasteiger charge is -2.08. The maximum Gasteiger partial charge on any atom is 0.160 e. The molecule has 0 bridgehead atoms. The van der Waals surface area contributed by atoms with Crippen molar-refractivity contribution < 1.29 is 4.74 Å². The molecular formula is C16H16ClN3O. The van der Waals surface area contributed by atoms with Crippen molar-refractivity contribution >= 4 is 22.8 Å². The number of fused-ring (bicyclic) bond motifs is 1. The Bertz CT molecular complexity index is 712. The Balaban J connectivity index is 1.65. The van der Waals surface area contributed by atoms with Gasteiger partial charge in [-0.2, -0.15) is 0 Å². The number of benzene rings is 1. The number of aromatic nitrogens is 3. The lowest BCUT2D eigenvalue weighted by molar-refractivity contribution is 0.302. The van der Waals surface area contributed by atoms with Crippen molar-refractivity contribution in [3.63, 3.8) is 0 Å². The predicted molar refractivity (Wildman–Crippen MR) is 83.6 cm³/mol. The van der Waals surface area contributed by atoms with Crippen LogP contribution in [0.15, 0.2) is 48.7 Å². The van der Waals surface area contributed by atoms with Crippen molar-refractivity contribution in [3.8, 4) is 5.75 Å². The van der Waals surface area contributed by atoms with E-state index in [1.165, 1.54) is 0 Å². The number of pyridine rings is 1. The van der Waals surface area contributed by atoms with Crippen molar-refractivity contribution in [3.05, 3.63) is 54.5 Å². The number of halogens is 1. The first kappa shape index (κ1) is 13.9. The predicted octanol–water partition coefficient (Wildman–Crippen LogP) is 3.64.